The quantitative estimate of drug-likeness (QED) is 0.791. The van der Waals surface area contributed by atoms with Gasteiger partial charge in [-0.15, -0.1) is 0 Å². The summed E-state index contributed by atoms with van der Waals surface area (Å²) in [5.41, 5.74) is 0.803. The van der Waals surface area contributed by atoms with Gasteiger partial charge in [0.15, 0.2) is 0 Å². The van der Waals surface area contributed by atoms with Crippen molar-refractivity contribution in [1.82, 2.24) is 20.4 Å². The number of halogens is 1. The molecule has 0 aliphatic carbocycles. The van der Waals surface area contributed by atoms with Crippen molar-refractivity contribution in [3.05, 3.63) is 0 Å². The first-order valence-electron chi connectivity index (χ1n) is 10.6. The molecule has 2 unspecified atom stereocenters. The largest absolute Gasteiger partial charge is 0.315 e. The summed E-state index contributed by atoms with van der Waals surface area (Å²) in [4.78, 5) is 4.97. The minimum atomic E-state index is -0.635. The Kier molecular flexibility index (Phi) is 4.89. The van der Waals surface area contributed by atoms with E-state index >= 15 is 0 Å². The fourth-order valence-corrected chi connectivity index (χ4v) is 5.77. The van der Waals surface area contributed by atoms with Crippen LogP contribution < -0.4 is 10.6 Å². The Morgan fingerprint density at radius 3 is 2.28 bits per heavy atom. The van der Waals surface area contributed by atoms with Gasteiger partial charge in [-0.2, -0.15) is 0 Å². The lowest BCUT2D eigenvalue weighted by atomic mass is 9.57. The molecule has 25 heavy (non-hydrogen) atoms. The highest BCUT2D eigenvalue weighted by molar-refractivity contribution is 5.13. The number of alkyl halides is 1. The first kappa shape index (κ1) is 18.1. The van der Waals surface area contributed by atoms with E-state index in [1.54, 1.807) is 0 Å². The zero-order valence-corrected chi connectivity index (χ0v) is 16.2. The van der Waals surface area contributed by atoms with Crippen LogP contribution in [0.25, 0.3) is 0 Å². The van der Waals surface area contributed by atoms with Gasteiger partial charge < -0.3 is 20.4 Å². The van der Waals surface area contributed by atoms with Crippen LogP contribution in [0.3, 0.4) is 0 Å². The molecule has 2 N–H and O–H groups in total. The molecule has 2 atom stereocenters. The topological polar surface area (TPSA) is 30.5 Å². The van der Waals surface area contributed by atoms with Crippen LogP contribution >= 0.6 is 0 Å². The van der Waals surface area contributed by atoms with Gasteiger partial charge in [-0.3, -0.25) is 0 Å². The highest BCUT2D eigenvalue weighted by Crippen LogP contribution is 2.49. The average molecular weight is 353 g/mol. The first-order valence-corrected chi connectivity index (χ1v) is 10.6. The lowest BCUT2D eigenvalue weighted by molar-refractivity contribution is -0.0646. The third-order valence-corrected chi connectivity index (χ3v) is 8.36. The Hall–Kier alpha value is -0.230. The Labute approximate surface area is 152 Å². The van der Waals surface area contributed by atoms with E-state index < -0.39 is 6.17 Å². The Balaban J connectivity index is 1.23. The van der Waals surface area contributed by atoms with E-state index in [0.29, 0.717) is 17.5 Å². The van der Waals surface area contributed by atoms with E-state index in [2.05, 4.69) is 34.3 Å². The molecule has 4 fully saturated rings. The van der Waals surface area contributed by atoms with Crippen LogP contribution in [0.4, 0.5) is 4.39 Å². The van der Waals surface area contributed by atoms with Gasteiger partial charge in [-0.05, 0) is 71.8 Å². The van der Waals surface area contributed by atoms with Crippen LogP contribution in [-0.4, -0.2) is 80.4 Å². The van der Waals surface area contributed by atoms with Crippen LogP contribution in [0, 0.1) is 10.8 Å². The molecule has 4 aliphatic heterocycles. The zero-order chi connectivity index (χ0) is 17.5. The molecule has 4 heterocycles. The molecule has 0 aromatic rings. The molecule has 0 aromatic heterocycles. The van der Waals surface area contributed by atoms with Crippen LogP contribution in [0.2, 0.25) is 0 Å². The molecular formula is C20H37FN4. The molecule has 4 aliphatic rings. The highest BCUT2D eigenvalue weighted by Gasteiger charge is 2.55. The number of likely N-dealkylation sites (tertiary alicyclic amines) is 2. The molecule has 0 aromatic carbocycles. The van der Waals surface area contributed by atoms with E-state index in [9.17, 15) is 4.39 Å². The molecular weight excluding hydrogens is 315 g/mol. The minimum Gasteiger partial charge on any atom is -0.315 e. The normalized spacial score (nSPS) is 37.8. The predicted molar refractivity (Wildman–Crippen MR) is 101 cm³/mol. The van der Waals surface area contributed by atoms with Crippen molar-refractivity contribution in [2.75, 3.05) is 58.9 Å². The van der Waals surface area contributed by atoms with Gasteiger partial charge in [0.2, 0.25) is 0 Å². The van der Waals surface area contributed by atoms with Crippen molar-refractivity contribution in [2.24, 2.45) is 10.8 Å². The van der Waals surface area contributed by atoms with Crippen molar-refractivity contribution in [1.29, 1.82) is 0 Å². The SMILES string of the molecule is CCN1CCC2(CC1)CNC2(C)CCCN1CCC2(CNC2)C(F)C1. The molecule has 4 rings (SSSR count). The highest BCUT2D eigenvalue weighted by atomic mass is 19.1. The maximum absolute atomic E-state index is 14.5. The van der Waals surface area contributed by atoms with Crippen LogP contribution in [0.1, 0.15) is 46.0 Å². The number of hydrogen-bond donors (Lipinski definition) is 2. The third-order valence-electron chi connectivity index (χ3n) is 8.36. The maximum atomic E-state index is 14.5. The second-order valence-electron chi connectivity index (χ2n) is 9.49. The van der Waals surface area contributed by atoms with Gasteiger partial charge in [0, 0.05) is 42.5 Å². The van der Waals surface area contributed by atoms with Crippen molar-refractivity contribution in [3.63, 3.8) is 0 Å². The average Bonchev–Trinajstić information content (AvgIpc) is 2.59. The number of rotatable bonds is 5. The lowest BCUT2D eigenvalue weighted by Crippen LogP contribution is -2.73. The van der Waals surface area contributed by atoms with Crippen molar-refractivity contribution in [3.8, 4) is 0 Å². The number of nitrogens with one attached hydrogen (secondary N) is 2. The summed E-state index contributed by atoms with van der Waals surface area (Å²) >= 11 is 0. The lowest BCUT2D eigenvalue weighted by Gasteiger charge is -2.62. The van der Waals surface area contributed by atoms with Gasteiger partial charge in [0.25, 0.3) is 0 Å². The monoisotopic (exact) mass is 352 g/mol. The molecule has 0 amide bonds. The van der Waals surface area contributed by atoms with Crippen LogP contribution in [0.15, 0.2) is 0 Å². The van der Waals surface area contributed by atoms with Crippen LogP contribution in [0.5, 0.6) is 0 Å². The van der Waals surface area contributed by atoms with Crippen LogP contribution in [-0.2, 0) is 0 Å². The number of piperidine rings is 2. The molecule has 2 spiro atoms. The molecule has 144 valence electrons. The van der Waals surface area contributed by atoms with Gasteiger partial charge in [-0.1, -0.05) is 6.92 Å². The summed E-state index contributed by atoms with van der Waals surface area (Å²) in [6.07, 6.45) is 5.52. The van der Waals surface area contributed by atoms with Gasteiger partial charge in [0.1, 0.15) is 6.17 Å². The van der Waals surface area contributed by atoms with E-state index in [1.165, 1.54) is 51.9 Å². The van der Waals surface area contributed by atoms with Gasteiger partial charge in [0.05, 0.1) is 0 Å². The Morgan fingerprint density at radius 2 is 1.76 bits per heavy atom. The standard InChI is InChI=1S/C20H37FN4/c1-3-24-11-7-20(8-12-24)16-23-18(20,2)5-4-9-25-10-6-19(14-22-15-19)17(21)13-25/h17,22-23H,3-16H2,1-2H3. The molecule has 0 bridgehead atoms. The van der Waals surface area contributed by atoms with Gasteiger partial charge >= 0.3 is 0 Å². The Bertz CT molecular complexity index is 472. The predicted octanol–water partition coefficient (Wildman–Crippen LogP) is 1.86. The fraction of sp³-hybridized carbons (Fsp3) is 1.00. The summed E-state index contributed by atoms with van der Waals surface area (Å²) in [5.74, 6) is 0. The zero-order valence-electron chi connectivity index (χ0n) is 16.2. The maximum Gasteiger partial charge on any atom is 0.121 e. The second-order valence-corrected chi connectivity index (χ2v) is 9.49. The third kappa shape index (κ3) is 3.05. The smallest absolute Gasteiger partial charge is 0.121 e. The summed E-state index contributed by atoms with van der Waals surface area (Å²) < 4.78 is 14.5. The van der Waals surface area contributed by atoms with E-state index in [0.717, 1.165) is 32.6 Å². The second kappa shape index (κ2) is 6.74. The summed E-state index contributed by atoms with van der Waals surface area (Å²) in [6, 6.07) is 0. The number of nitrogens with zero attached hydrogens (tertiary/aromatic N) is 2. The summed E-state index contributed by atoms with van der Waals surface area (Å²) in [7, 11) is 0. The van der Waals surface area contributed by atoms with E-state index in [1.807, 2.05) is 0 Å². The molecule has 4 nitrogen and oxygen atoms in total. The molecule has 5 heteroatoms. The van der Waals surface area contributed by atoms with Gasteiger partial charge in [-0.25, -0.2) is 4.39 Å². The summed E-state index contributed by atoms with van der Waals surface area (Å²) in [6.45, 7) is 14.2. The van der Waals surface area contributed by atoms with E-state index in [4.69, 9.17) is 0 Å². The molecule has 0 radical (unpaired) electrons. The number of hydrogen-bond acceptors (Lipinski definition) is 4. The van der Waals surface area contributed by atoms with Crippen molar-refractivity contribution in [2.45, 2.75) is 57.7 Å². The Morgan fingerprint density at radius 1 is 1.04 bits per heavy atom. The van der Waals surface area contributed by atoms with Crippen molar-refractivity contribution < 1.29 is 4.39 Å². The molecule has 4 saturated heterocycles. The van der Waals surface area contributed by atoms with Crippen molar-refractivity contribution >= 4 is 0 Å². The minimum absolute atomic E-state index is 0.0185. The fourth-order valence-electron chi connectivity index (χ4n) is 5.77. The summed E-state index contributed by atoms with van der Waals surface area (Å²) in [5, 5.41) is 7.04. The molecule has 0 saturated carbocycles. The first-order chi connectivity index (χ1) is 12.0. The van der Waals surface area contributed by atoms with E-state index in [-0.39, 0.29) is 5.41 Å².